The van der Waals surface area contributed by atoms with Gasteiger partial charge in [-0.1, -0.05) is 63.3 Å². The number of para-hydroxylation sites is 1. The molecule has 1 aromatic heterocycles. The second kappa shape index (κ2) is 6.89. The Balaban J connectivity index is 1.73. The monoisotopic (exact) mass is 330 g/mol. The van der Waals surface area contributed by atoms with Crippen LogP contribution in [0, 0.1) is 5.41 Å². The van der Waals surface area contributed by atoms with Crippen molar-refractivity contribution in [1.82, 2.24) is 4.98 Å². The van der Waals surface area contributed by atoms with E-state index in [-0.39, 0.29) is 11.3 Å². The van der Waals surface area contributed by atoms with Crippen LogP contribution in [0.3, 0.4) is 0 Å². The number of nitrogens with one attached hydrogen (secondary N) is 1. The summed E-state index contributed by atoms with van der Waals surface area (Å²) in [6.07, 6.45) is 5.92. The molecule has 1 heterocycles. The fraction of sp³-hybridized carbons (Fsp3) is 0.182. The van der Waals surface area contributed by atoms with Crippen molar-refractivity contribution in [2.45, 2.75) is 20.8 Å². The first-order valence-corrected chi connectivity index (χ1v) is 8.36. The number of rotatable bonds is 3. The van der Waals surface area contributed by atoms with E-state index in [1.165, 1.54) is 0 Å². The first-order valence-electron chi connectivity index (χ1n) is 8.36. The van der Waals surface area contributed by atoms with E-state index in [1.807, 2.05) is 54.6 Å². The van der Waals surface area contributed by atoms with Crippen molar-refractivity contribution >= 4 is 28.6 Å². The standard InChI is InChI=1S/C22H22N2O/c1-22(2,3)13-12-16-8-10-17(11-9-16)21(25)24-19-14-18-6-4-5-7-20(18)23-15-19/h4-15H,1-3H3,(H,24,25)/b13-12+. The van der Waals surface area contributed by atoms with E-state index in [2.05, 4.69) is 43.2 Å². The number of carbonyl (C=O) groups is 1. The molecule has 3 nitrogen and oxygen atoms in total. The van der Waals surface area contributed by atoms with Crippen molar-refractivity contribution in [2.24, 2.45) is 5.41 Å². The van der Waals surface area contributed by atoms with Gasteiger partial charge in [0, 0.05) is 10.9 Å². The summed E-state index contributed by atoms with van der Waals surface area (Å²) in [6, 6.07) is 17.4. The summed E-state index contributed by atoms with van der Waals surface area (Å²) in [5.41, 5.74) is 3.45. The van der Waals surface area contributed by atoms with E-state index in [9.17, 15) is 4.79 Å². The van der Waals surface area contributed by atoms with Crippen LogP contribution < -0.4 is 5.32 Å². The Hall–Kier alpha value is -2.94. The zero-order valence-corrected chi connectivity index (χ0v) is 14.8. The molecule has 0 atom stereocenters. The molecule has 0 saturated heterocycles. The molecule has 1 amide bonds. The molecule has 3 heteroatoms. The first kappa shape index (κ1) is 16.9. The number of hydrogen-bond donors (Lipinski definition) is 1. The number of amides is 1. The summed E-state index contributed by atoms with van der Waals surface area (Å²) >= 11 is 0. The number of hydrogen-bond acceptors (Lipinski definition) is 2. The molecule has 126 valence electrons. The van der Waals surface area contributed by atoms with Gasteiger partial charge in [0.05, 0.1) is 17.4 Å². The van der Waals surface area contributed by atoms with Crippen LogP contribution in [-0.4, -0.2) is 10.9 Å². The Kier molecular flexibility index (Phi) is 4.66. The lowest BCUT2D eigenvalue weighted by Gasteiger charge is -2.11. The maximum Gasteiger partial charge on any atom is 0.255 e. The molecule has 3 rings (SSSR count). The number of benzene rings is 2. The molecule has 0 unspecified atom stereocenters. The SMILES string of the molecule is CC(C)(C)/C=C/c1ccc(C(=O)Nc2cnc3ccccc3c2)cc1. The van der Waals surface area contributed by atoms with E-state index < -0.39 is 0 Å². The highest BCUT2D eigenvalue weighted by Gasteiger charge is 2.07. The minimum absolute atomic E-state index is 0.136. The van der Waals surface area contributed by atoms with Crippen LogP contribution in [-0.2, 0) is 0 Å². The van der Waals surface area contributed by atoms with Crippen LogP contribution in [0.2, 0.25) is 0 Å². The van der Waals surface area contributed by atoms with Gasteiger partial charge in [-0.15, -0.1) is 0 Å². The quantitative estimate of drug-likeness (QED) is 0.684. The summed E-state index contributed by atoms with van der Waals surface area (Å²) in [4.78, 5) is 16.8. The molecule has 0 aliphatic carbocycles. The third-order valence-electron chi connectivity index (χ3n) is 3.80. The molecule has 0 aliphatic rings. The zero-order valence-electron chi connectivity index (χ0n) is 14.8. The minimum Gasteiger partial charge on any atom is -0.321 e. The van der Waals surface area contributed by atoms with Gasteiger partial charge in [0.2, 0.25) is 0 Å². The maximum atomic E-state index is 12.4. The Morgan fingerprint density at radius 3 is 2.48 bits per heavy atom. The smallest absolute Gasteiger partial charge is 0.255 e. The van der Waals surface area contributed by atoms with E-state index in [1.54, 1.807) is 6.20 Å². The van der Waals surface area contributed by atoms with Crippen LogP contribution in [0.4, 0.5) is 5.69 Å². The Morgan fingerprint density at radius 1 is 1.04 bits per heavy atom. The molecular weight excluding hydrogens is 308 g/mol. The molecule has 0 bridgehead atoms. The third kappa shape index (κ3) is 4.54. The van der Waals surface area contributed by atoms with Crippen molar-refractivity contribution in [3.05, 3.63) is 78.0 Å². The van der Waals surface area contributed by atoms with Gasteiger partial charge in [-0.05, 0) is 35.2 Å². The van der Waals surface area contributed by atoms with Gasteiger partial charge < -0.3 is 5.32 Å². The van der Waals surface area contributed by atoms with E-state index in [0.717, 1.165) is 16.5 Å². The summed E-state index contributed by atoms with van der Waals surface area (Å²) < 4.78 is 0. The molecule has 0 radical (unpaired) electrons. The second-order valence-electron chi connectivity index (χ2n) is 7.19. The number of nitrogens with zero attached hydrogens (tertiary/aromatic N) is 1. The maximum absolute atomic E-state index is 12.4. The molecule has 25 heavy (non-hydrogen) atoms. The molecule has 1 N–H and O–H groups in total. The van der Waals surface area contributed by atoms with E-state index in [4.69, 9.17) is 0 Å². The lowest BCUT2D eigenvalue weighted by molar-refractivity contribution is 0.102. The zero-order chi connectivity index (χ0) is 17.9. The van der Waals surface area contributed by atoms with Crippen molar-refractivity contribution in [1.29, 1.82) is 0 Å². The topological polar surface area (TPSA) is 42.0 Å². The van der Waals surface area contributed by atoms with Crippen LogP contribution in [0.1, 0.15) is 36.7 Å². The Labute approximate surface area is 148 Å². The van der Waals surface area contributed by atoms with Crippen LogP contribution in [0.5, 0.6) is 0 Å². The average Bonchev–Trinajstić information content (AvgIpc) is 2.59. The lowest BCUT2D eigenvalue weighted by atomic mass is 9.95. The number of fused-ring (bicyclic) bond motifs is 1. The molecule has 3 aromatic rings. The van der Waals surface area contributed by atoms with Gasteiger partial charge in [-0.2, -0.15) is 0 Å². The fourth-order valence-corrected chi connectivity index (χ4v) is 2.43. The van der Waals surface area contributed by atoms with Gasteiger partial charge in [0.1, 0.15) is 0 Å². The van der Waals surface area contributed by atoms with Crippen LogP contribution in [0.15, 0.2) is 66.9 Å². The largest absolute Gasteiger partial charge is 0.321 e. The summed E-state index contributed by atoms with van der Waals surface area (Å²) in [5, 5.41) is 3.91. The predicted molar refractivity (Wildman–Crippen MR) is 105 cm³/mol. The summed E-state index contributed by atoms with van der Waals surface area (Å²) in [5.74, 6) is -0.136. The van der Waals surface area contributed by atoms with E-state index >= 15 is 0 Å². The first-order chi connectivity index (χ1) is 11.9. The van der Waals surface area contributed by atoms with Gasteiger partial charge in [-0.25, -0.2) is 0 Å². The lowest BCUT2D eigenvalue weighted by Crippen LogP contribution is -2.11. The molecule has 0 fully saturated rings. The van der Waals surface area contributed by atoms with Gasteiger partial charge in [0.25, 0.3) is 5.91 Å². The van der Waals surface area contributed by atoms with Gasteiger partial charge >= 0.3 is 0 Å². The molecule has 0 saturated carbocycles. The third-order valence-corrected chi connectivity index (χ3v) is 3.80. The van der Waals surface area contributed by atoms with Crippen molar-refractivity contribution < 1.29 is 4.79 Å². The number of pyridine rings is 1. The Morgan fingerprint density at radius 2 is 1.76 bits per heavy atom. The highest BCUT2D eigenvalue weighted by Crippen LogP contribution is 2.19. The van der Waals surface area contributed by atoms with Crippen LogP contribution in [0.25, 0.3) is 17.0 Å². The molecule has 2 aromatic carbocycles. The molecular formula is C22H22N2O. The Bertz CT molecular complexity index is 919. The van der Waals surface area contributed by atoms with Crippen molar-refractivity contribution in [2.75, 3.05) is 5.32 Å². The summed E-state index contributed by atoms with van der Waals surface area (Å²) in [7, 11) is 0. The number of carbonyl (C=O) groups excluding carboxylic acids is 1. The molecule has 0 spiro atoms. The minimum atomic E-state index is -0.136. The van der Waals surface area contributed by atoms with Gasteiger partial charge in [-0.3, -0.25) is 9.78 Å². The van der Waals surface area contributed by atoms with Crippen molar-refractivity contribution in [3.63, 3.8) is 0 Å². The van der Waals surface area contributed by atoms with Gasteiger partial charge in [0.15, 0.2) is 0 Å². The highest BCUT2D eigenvalue weighted by atomic mass is 16.1. The normalized spacial score (nSPS) is 11.8. The number of allylic oxidation sites excluding steroid dienone is 1. The fourth-order valence-electron chi connectivity index (χ4n) is 2.43. The summed E-state index contributed by atoms with van der Waals surface area (Å²) in [6.45, 7) is 6.47. The van der Waals surface area contributed by atoms with E-state index in [0.29, 0.717) is 11.3 Å². The van der Waals surface area contributed by atoms with Crippen molar-refractivity contribution in [3.8, 4) is 0 Å². The molecule has 0 aliphatic heterocycles. The predicted octanol–water partition coefficient (Wildman–Crippen LogP) is 5.55. The number of aromatic nitrogens is 1. The number of anilines is 1. The second-order valence-corrected chi connectivity index (χ2v) is 7.19. The highest BCUT2D eigenvalue weighted by molar-refractivity contribution is 6.05. The van der Waals surface area contributed by atoms with Crippen LogP contribution >= 0.6 is 0 Å². The average molecular weight is 330 g/mol.